The van der Waals surface area contributed by atoms with Crippen LogP contribution in [0.3, 0.4) is 0 Å². The minimum atomic E-state index is -3.23. The van der Waals surface area contributed by atoms with Crippen molar-refractivity contribution in [2.75, 3.05) is 13.1 Å². The number of piperidine rings is 1. The first-order valence-corrected chi connectivity index (χ1v) is 9.48. The van der Waals surface area contributed by atoms with Crippen molar-refractivity contribution in [3.8, 4) is 0 Å². The Morgan fingerprint density at radius 2 is 1.96 bits per heavy atom. The zero-order chi connectivity index (χ0) is 16.1. The largest absolute Gasteiger partial charge is 0.348 e. The lowest BCUT2D eigenvalue weighted by molar-refractivity contribution is 0.287. The molecule has 124 valence electrons. The van der Waals surface area contributed by atoms with Gasteiger partial charge in [-0.3, -0.25) is 0 Å². The third kappa shape index (κ3) is 4.40. The van der Waals surface area contributed by atoms with Crippen LogP contribution in [0.5, 0.6) is 0 Å². The summed E-state index contributed by atoms with van der Waals surface area (Å²) in [7, 11) is -3.23. The van der Waals surface area contributed by atoms with E-state index in [0.717, 1.165) is 24.2 Å². The maximum Gasteiger partial charge on any atom is 0.218 e. The minimum Gasteiger partial charge on any atom is -0.348 e. The van der Waals surface area contributed by atoms with Crippen LogP contribution in [0.4, 0.5) is 0 Å². The minimum absolute atomic E-state index is 0.0817. The van der Waals surface area contributed by atoms with Gasteiger partial charge in [-0.2, -0.15) is 0 Å². The molecule has 0 amide bonds. The van der Waals surface area contributed by atoms with Crippen molar-refractivity contribution < 1.29 is 8.42 Å². The summed E-state index contributed by atoms with van der Waals surface area (Å²) in [5.41, 5.74) is 0.838. The van der Waals surface area contributed by atoms with E-state index >= 15 is 0 Å². The van der Waals surface area contributed by atoms with Gasteiger partial charge in [0.25, 0.3) is 0 Å². The molecule has 2 N–H and O–H groups in total. The maximum absolute atomic E-state index is 12.5. The molecule has 1 aromatic carbocycles. The van der Waals surface area contributed by atoms with Crippen LogP contribution < -0.4 is 5.32 Å². The summed E-state index contributed by atoms with van der Waals surface area (Å²) in [5, 5.41) is 3.43. The van der Waals surface area contributed by atoms with Gasteiger partial charge in [0.05, 0.1) is 12.3 Å². The molecule has 7 heteroatoms. The highest BCUT2D eigenvalue weighted by atomic mass is 32.2. The Hall–Kier alpha value is -1.70. The maximum atomic E-state index is 12.5. The molecule has 1 aliphatic heterocycles. The van der Waals surface area contributed by atoms with Gasteiger partial charge in [0.1, 0.15) is 5.82 Å². The van der Waals surface area contributed by atoms with E-state index in [1.807, 2.05) is 30.3 Å². The molecule has 1 aliphatic rings. The normalized spacial score (nSPS) is 17.4. The zero-order valence-corrected chi connectivity index (χ0v) is 13.8. The highest BCUT2D eigenvalue weighted by Gasteiger charge is 2.27. The molecule has 1 aromatic heterocycles. The molecule has 23 heavy (non-hydrogen) atoms. The van der Waals surface area contributed by atoms with E-state index in [9.17, 15) is 8.42 Å². The topological polar surface area (TPSA) is 78.1 Å². The molecule has 0 atom stereocenters. The second-order valence-electron chi connectivity index (χ2n) is 5.83. The fourth-order valence-corrected chi connectivity index (χ4v) is 4.41. The Morgan fingerprint density at radius 1 is 1.22 bits per heavy atom. The Labute approximate surface area is 137 Å². The van der Waals surface area contributed by atoms with Gasteiger partial charge < -0.3 is 10.3 Å². The van der Waals surface area contributed by atoms with Crippen molar-refractivity contribution in [1.29, 1.82) is 0 Å². The Kier molecular flexibility index (Phi) is 5.09. The van der Waals surface area contributed by atoms with Crippen LogP contribution in [-0.4, -0.2) is 41.8 Å². The monoisotopic (exact) mass is 334 g/mol. The number of H-pyrrole nitrogens is 1. The Bertz CT molecular complexity index is 693. The standard InChI is InChI=1S/C16H22N4O2S/c21-23(22,13-14-4-2-1-3-5-14)20-10-6-15(7-11-20)19-12-16-17-8-9-18-16/h1-5,8-9,15,19H,6-7,10-13H2,(H,17,18). The molecule has 0 spiro atoms. The molecule has 0 aliphatic carbocycles. The number of nitrogens with one attached hydrogen (secondary N) is 2. The van der Waals surface area contributed by atoms with Gasteiger partial charge >= 0.3 is 0 Å². The lowest BCUT2D eigenvalue weighted by Crippen LogP contribution is -2.45. The summed E-state index contributed by atoms with van der Waals surface area (Å²) in [4.78, 5) is 7.23. The fraction of sp³-hybridized carbons (Fsp3) is 0.438. The molecule has 6 nitrogen and oxygen atoms in total. The molecule has 1 saturated heterocycles. The first-order valence-electron chi connectivity index (χ1n) is 7.87. The Morgan fingerprint density at radius 3 is 2.61 bits per heavy atom. The highest BCUT2D eigenvalue weighted by molar-refractivity contribution is 7.88. The van der Waals surface area contributed by atoms with Gasteiger partial charge in [-0.15, -0.1) is 0 Å². The second kappa shape index (κ2) is 7.25. The SMILES string of the molecule is O=S(=O)(Cc1ccccc1)N1CCC(NCc2ncc[nH]2)CC1. The summed E-state index contributed by atoms with van der Waals surface area (Å²) in [6.07, 6.45) is 5.19. The van der Waals surface area contributed by atoms with Crippen molar-refractivity contribution >= 4 is 10.0 Å². The third-order valence-electron chi connectivity index (χ3n) is 4.15. The number of sulfonamides is 1. The fourth-order valence-electron chi connectivity index (χ4n) is 2.85. The quantitative estimate of drug-likeness (QED) is 0.839. The molecule has 3 rings (SSSR count). The molecule has 0 radical (unpaired) electrons. The van der Waals surface area contributed by atoms with Crippen molar-refractivity contribution in [2.24, 2.45) is 0 Å². The lowest BCUT2D eigenvalue weighted by atomic mass is 10.1. The molecule has 2 heterocycles. The van der Waals surface area contributed by atoms with Crippen molar-refractivity contribution in [2.45, 2.75) is 31.2 Å². The van der Waals surface area contributed by atoms with Gasteiger partial charge in [0.2, 0.25) is 10.0 Å². The lowest BCUT2D eigenvalue weighted by Gasteiger charge is -2.31. The molecule has 0 unspecified atom stereocenters. The summed E-state index contributed by atoms with van der Waals surface area (Å²) in [6, 6.07) is 9.69. The average Bonchev–Trinajstić information content (AvgIpc) is 3.07. The molecule has 1 fully saturated rings. The predicted octanol–water partition coefficient (Wildman–Crippen LogP) is 1.49. The second-order valence-corrected chi connectivity index (χ2v) is 7.80. The first-order chi connectivity index (χ1) is 11.1. The van der Waals surface area contributed by atoms with Gasteiger partial charge in [-0.1, -0.05) is 30.3 Å². The number of rotatable bonds is 6. The van der Waals surface area contributed by atoms with Crippen molar-refractivity contribution in [1.82, 2.24) is 19.6 Å². The van der Waals surface area contributed by atoms with E-state index in [4.69, 9.17) is 0 Å². The summed E-state index contributed by atoms with van der Waals surface area (Å²) >= 11 is 0. The Balaban J connectivity index is 1.49. The van der Waals surface area contributed by atoms with Gasteiger partial charge in [-0.25, -0.2) is 17.7 Å². The summed E-state index contributed by atoms with van der Waals surface area (Å²) in [6.45, 7) is 1.84. The zero-order valence-electron chi connectivity index (χ0n) is 13.0. The van der Waals surface area contributed by atoms with Crippen LogP contribution in [0.2, 0.25) is 0 Å². The van der Waals surface area contributed by atoms with E-state index < -0.39 is 10.0 Å². The molecule has 0 saturated carbocycles. The molecular weight excluding hydrogens is 312 g/mol. The van der Waals surface area contributed by atoms with Crippen LogP contribution in [0.1, 0.15) is 24.2 Å². The van der Waals surface area contributed by atoms with Gasteiger partial charge in [-0.05, 0) is 18.4 Å². The number of hydrogen-bond acceptors (Lipinski definition) is 4. The summed E-state index contributed by atoms with van der Waals surface area (Å²) in [5.74, 6) is 0.988. The average molecular weight is 334 g/mol. The number of nitrogens with zero attached hydrogens (tertiary/aromatic N) is 2. The van der Waals surface area contributed by atoms with E-state index in [1.165, 1.54) is 0 Å². The van der Waals surface area contributed by atoms with E-state index in [-0.39, 0.29) is 5.75 Å². The van der Waals surface area contributed by atoms with Crippen LogP contribution in [-0.2, 0) is 22.3 Å². The molecule has 2 aromatic rings. The van der Waals surface area contributed by atoms with Crippen LogP contribution in [0.25, 0.3) is 0 Å². The highest BCUT2D eigenvalue weighted by Crippen LogP contribution is 2.17. The van der Waals surface area contributed by atoms with Crippen molar-refractivity contribution in [3.63, 3.8) is 0 Å². The third-order valence-corrected chi connectivity index (χ3v) is 6.00. The van der Waals surface area contributed by atoms with Crippen LogP contribution >= 0.6 is 0 Å². The van der Waals surface area contributed by atoms with Gasteiger partial charge in [0.15, 0.2) is 0 Å². The smallest absolute Gasteiger partial charge is 0.218 e. The number of aromatic nitrogens is 2. The summed E-state index contributed by atoms with van der Waals surface area (Å²) < 4.78 is 26.6. The molecular formula is C16H22N4O2S. The van der Waals surface area contributed by atoms with Crippen molar-refractivity contribution in [3.05, 3.63) is 54.1 Å². The van der Waals surface area contributed by atoms with Gasteiger partial charge in [0, 0.05) is 31.5 Å². The number of benzene rings is 1. The van der Waals surface area contributed by atoms with Crippen LogP contribution in [0.15, 0.2) is 42.7 Å². The number of aromatic amines is 1. The van der Waals surface area contributed by atoms with E-state index in [2.05, 4.69) is 15.3 Å². The predicted molar refractivity (Wildman–Crippen MR) is 89.1 cm³/mol. The number of imidazole rings is 1. The van der Waals surface area contributed by atoms with E-state index in [1.54, 1.807) is 16.7 Å². The molecule has 0 bridgehead atoms. The first kappa shape index (κ1) is 16.2. The van der Waals surface area contributed by atoms with E-state index in [0.29, 0.717) is 25.7 Å². The van der Waals surface area contributed by atoms with Crippen LogP contribution in [0, 0.1) is 0 Å². The number of hydrogen-bond donors (Lipinski definition) is 2.